The maximum Gasteiger partial charge on any atom is 0.418 e. The lowest BCUT2D eigenvalue weighted by Crippen LogP contribution is -2.38. The molecule has 32 heavy (non-hydrogen) atoms. The van der Waals surface area contributed by atoms with Crippen LogP contribution in [-0.2, 0) is 11.0 Å². The first kappa shape index (κ1) is 22.0. The van der Waals surface area contributed by atoms with Gasteiger partial charge in [0.05, 0.1) is 16.9 Å². The number of hydrogen-bond donors (Lipinski definition) is 1. The van der Waals surface area contributed by atoms with Crippen LogP contribution in [0, 0.1) is 0 Å². The van der Waals surface area contributed by atoms with Crippen molar-refractivity contribution in [3.05, 3.63) is 59.2 Å². The number of benzene rings is 2. The Morgan fingerprint density at radius 1 is 1.06 bits per heavy atom. The summed E-state index contributed by atoms with van der Waals surface area (Å²) in [5.41, 5.74) is -0.132. The van der Waals surface area contributed by atoms with E-state index in [4.69, 9.17) is 0 Å². The molecule has 1 aliphatic heterocycles. The molecule has 1 fully saturated rings. The lowest BCUT2D eigenvalue weighted by Gasteiger charge is -2.31. The Morgan fingerprint density at radius 3 is 2.41 bits per heavy atom. The van der Waals surface area contributed by atoms with E-state index < -0.39 is 23.7 Å². The van der Waals surface area contributed by atoms with E-state index in [1.807, 2.05) is 7.05 Å². The van der Waals surface area contributed by atoms with E-state index in [0.29, 0.717) is 11.3 Å². The third-order valence-corrected chi connectivity index (χ3v) is 6.04. The van der Waals surface area contributed by atoms with Gasteiger partial charge >= 0.3 is 6.18 Å². The first-order chi connectivity index (χ1) is 15.3. The van der Waals surface area contributed by atoms with Gasteiger partial charge in [0.1, 0.15) is 0 Å². The Kier molecular flexibility index (Phi) is 5.99. The smallest absolute Gasteiger partial charge is 0.339 e. The van der Waals surface area contributed by atoms with Gasteiger partial charge < -0.3 is 10.2 Å². The highest BCUT2D eigenvalue weighted by Gasteiger charge is 2.40. The molecule has 2 amide bonds. The summed E-state index contributed by atoms with van der Waals surface area (Å²) in [6, 6.07) is 9.16. The molecule has 1 saturated carbocycles. The van der Waals surface area contributed by atoms with Crippen LogP contribution >= 0.6 is 0 Å². The number of hydrogen-bond acceptors (Lipinski definition) is 4. The number of rotatable bonds is 4. The SMILES string of the molecule is CN(C(=O)c1ccc(N=NC2C(=O)Nc3c2cccc3C(F)(F)F)cc1)C1CCCCC1. The number of anilines is 1. The number of alkyl halides is 3. The van der Waals surface area contributed by atoms with E-state index in [1.165, 1.54) is 18.6 Å². The van der Waals surface area contributed by atoms with Crippen molar-refractivity contribution in [3.63, 3.8) is 0 Å². The monoisotopic (exact) mass is 444 g/mol. The van der Waals surface area contributed by atoms with Crippen LogP contribution in [0.3, 0.4) is 0 Å². The number of nitrogens with one attached hydrogen (secondary N) is 1. The largest absolute Gasteiger partial charge is 0.418 e. The van der Waals surface area contributed by atoms with Crippen LogP contribution in [0.15, 0.2) is 52.7 Å². The normalized spacial score (nSPS) is 19.1. The minimum Gasteiger partial charge on any atom is -0.339 e. The lowest BCUT2D eigenvalue weighted by molar-refractivity contribution is -0.136. The van der Waals surface area contributed by atoms with Gasteiger partial charge in [-0.2, -0.15) is 23.4 Å². The zero-order valence-electron chi connectivity index (χ0n) is 17.5. The van der Waals surface area contributed by atoms with Crippen LogP contribution in [0.2, 0.25) is 0 Å². The molecule has 1 aliphatic carbocycles. The van der Waals surface area contributed by atoms with Crippen molar-refractivity contribution in [2.24, 2.45) is 10.2 Å². The van der Waals surface area contributed by atoms with Gasteiger partial charge in [-0.15, -0.1) is 0 Å². The van der Waals surface area contributed by atoms with Gasteiger partial charge in [0.25, 0.3) is 11.8 Å². The van der Waals surface area contributed by atoms with Crippen molar-refractivity contribution in [2.75, 3.05) is 12.4 Å². The third-order valence-electron chi connectivity index (χ3n) is 6.04. The van der Waals surface area contributed by atoms with Crippen LogP contribution in [0.1, 0.15) is 59.6 Å². The van der Waals surface area contributed by atoms with E-state index in [2.05, 4.69) is 15.5 Å². The zero-order chi connectivity index (χ0) is 22.9. The second-order valence-corrected chi connectivity index (χ2v) is 8.13. The molecule has 4 rings (SSSR count). The summed E-state index contributed by atoms with van der Waals surface area (Å²) in [6.45, 7) is 0. The third kappa shape index (κ3) is 4.37. The Hall–Kier alpha value is -3.23. The molecule has 0 radical (unpaired) electrons. The lowest BCUT2D eigenvalue weighted by atomic mass is 9.94. The number of amides is 2. The molecule has 0 bridgehead atoms. The second-order valence-electron chi connectivity index (χ2n) is 8.13. The zero-order valence-corrected chi connectivity index (χ0v) is 17.5. The fourth-order valence-corrected chi connectivity index (χ4v) is 4.25. The van der Waals surface area contributed by atoms with Gasteiger partial charge in [0, 0.05) is 24.2 Å². The van der Waals surface area contributed by atoms with Gasteiger partial charge in [-0.3, -0.25) is 9.59 Å². The van der Waals surface area contributed by atoms with Crippen molar-refractivity contribution in [3.8, 4) is 0 Å². The maximum absolute atomic E-state index is 13.2. The minimum atomic E-state index is -4.59. The summed E-state index contributed by atoms with van der Waals surface area (Å²) in [4.78, 5) is 26.7. The predicted octanol–water partition coefficient (Wildman–Crippen LogP) is 5.89. The summed E-state index contributed by atoms with van der Waals surface area (Å²) in [6.07, 6.45) is 0.899. The van der Waals surface area contributed by atoms with Crippen LogP contribution in [-0.4, -0.2) is 29.8 Å². The van der Waals surface area contributed by atoms with Gasteiger partial charge in [0.2, 0.25) is 0 Å². The molecule has 1 atom stereocenters. The van der Waals surface area contributed by atoms with Crippen molar-refractivity contribution >= 4 is 23.2 Å². The van der Waals surface area contributed by atoms with E-state index in [0.717, 1.165) is 31.7 Å². The van der Waals surface area contributed by atoms with Crippen LogP contribution in [0.4, 0.5) is 24.5 Å². The van der Waals surface area contributed by atoms with Crippen LogP contribution in [0.25, 0.3) is 0 Å². The average molecular weight is 444 g/mol. The van der Waals surface area contributed by atoms with E-state index in [9.17, 15) is 22.8 Å². The molecule has 1 unspecified atom stereocenters. The molecule has 6 nitrogen and oxygen atoms in total. The Balaban J connectivity index is 1.48. The van der Waals surface area contributed by atoms with E-state index >= 15 is 0 Å². The molecule has 168 valence electrons. The number of nitrogens with zero attached hydrogens (tertiary/aromatic N) is 3. The van der Waals surface area contributed by atoms with Gasteiger partial charge in [-0.1, -0.05) is 31.4 Å². The second kappa shape index (κ2) is 8.72. The van der Waals surface area contributed by atoms with Crippen molar-refractivity contribution in [2.45, 2.75) is 50.4 Å². The summed E-state index contributed by atoms with van der Waals surface area (Å²) in [5, 5.41) is 10.3. The first-order valence-corrected chi connectivity index (χ1v) is 10.5. The summed E-state index contributed by atoms with van der Waals surface area (Å²) < 4.78 is 39.6. The average Bonchev–Trinajstić information content (AvgIpc) is 3.11. The minimum absolute atomic E-state index is 0.0656. The Labute approximate surface area is 183 Å². The standard InChI is InChI=1S/C23H23F3N4O2/c1-30(16-6-3-2-4-7-16)22(32)14-10-12-15(13-11-14)28-29-20-17-8-5-9-18(23(24,25)26)19(17)27-21(20)31/h5,8-13,16,20H,2-4,6-7H2,1H3,(H,27,31). The molecule has 0 saturated heterocycles. The number of halogens is 3. The fraction of sp³-hybridized carbons (Fsp3) is 0.391. The first-order valence-electron chi connectivity index (χ1n) is 10.5. The number of para-hydroxylation sites is 1. The summed E-state index contributed by atoms with van der Waals surface area (Å²) >= 11 is 0. The molecule has 9 heteroatoms. The molecular formula is C23H23F3N4O2. The molecule has 1 N–H and O–H groups in total. The molecule has 0 spiro atoms. The van der Waals surface area contributed by atoms with Crippen molar-refractivity contribution < 1.29 is 22.8 Å². The quantitative estimate of drug-likeness (QED) is 0.598. The van der Waals surface area contributed by atoms with Crippen LogP contribution in [0.5, 0.6) is 0 Å². The molecule has 2 aliphatic rings. The topological polar surface area (TPSA) is 74.1 Å². The van der Waals surface area contributed by atoms with Crippen molar-refractivity contribution in [1.82, 2.24) is 4.90 Å². The van der Waals surface area contributed by atoms with Gasteiger partial charge in [-0.25, -0.2) is 0 Å². The maximum atomic E-state index is 13.2. The number of carbonyl (C=O) groups is 2. The fourth-order valence-electron chi connectivity index (χ4n) is 4.25. The summed E-state index contributed by atoms with van der Waals surface area (Å²) in [7, 11) is 1.82. The van der Waals surface area contributed by atoms with Crippen molar-refractivity contribution in [1.29, 1.82) is 0 Å². The highest BCUT2D eigenvalue weighted by Crippen LogP contribution is 2.43. The predicted molar refractivity (Wildman–Crippen MR) is 113 cm³/mol. The number of azo groups is 1. The molecular weight excluding hydrogens is 421 g/mol. The highest BCUT2D eigenvalue weighted by atomic mass is 19.4. The van der Waals surface area contributed by atoms with Gasteiger partial charge in [0.15, 0.2) is 6.04 Å². The molecule has 2 aromatic rings. The Bertz CT molecular complexity index is 1040. The highest BCUT2D eigenvalue weighted by molar-refractivity contribution is 6.03. The van der Waals surface area contributed by atoms with E-state index in [-0.39, 0.29) is 23.2 Å². The molecule has 2 aromatic carbocycles. The molecule has 0 aromatic heterocycles. The molecule has 1 heterocycles. The van der Waals surface area contributed by atoms with E-state index in [1.54, 1.807) is 29.2 Å². The number of carbonyl (C=O) groups excluding carboxylic acids is 2. The summed E-state index contributed by atoms with van der Waals surface area (Å²) in [5.74, 6) is -0.731. The Morgan fingerprint density at radius 2 is 1.75 bits per heavy atom. The number of fused-ring (bicyclic) bond motifs is 1. The van der Waals surface area contributed by atoms with Crippen LogP contribution < -0.4 is 5.32 Å². The van der Waals surface area contributed by atoms with Gasteiger partial charge in [-0.05, 0) is 43.2 Å².